The largest absolute Gasteiger partial charge is 0.324 e. The van der Waals surface area contributed by atoms with Crippen LogP contribution in [-0.2, 0) is 0 Å². The van der Waals surface area contributed by atoms with Crippen LogP contribution in [0.1, 0.15) is 43.9 Å². The summed E-state index contributed by atoms with van der Waals surface area (Å²) in [5.74, 6) is 0.742. The smallest absolute Gasteiger partial charge is 0.0295 e. The molecular formula is C13H21N. The second kappa shape index (κ2) is 5.16. The SMILES string of the molecule is Cc1cccc([C@H](N)CCC(C)C)c1. The van der Waals surface area contributed by atoms with Gasteiger partial charge in [0.25, 0.3) is 0 Å². The first-order valence-corrected chi connectivity index (χ1v) is 5.41. The van der Waals surface area contributed by atoms with Gasteiger partial charge in [-0.25, -0.2) is 0 Å². The minimum atomic E-state index is 0.206. The molecule has 0 heterocycles. The molecule has 0 aromatic heterocycles. The van der Waals surface area contributed by atoms with Crippen molar-refractivity contribution in [1.82, 2.24) is 0 Å². The van der Waals surface area contributed by atoms with Gasteiger partial charge < -0.3 is 5.73 Å². The molecule has 0 saturated carbocycles. The highest BCUT2D eigenvalue weighted by Crippen LogP contribution is 2.19. The Balaban J connectivity index is 2.56. The van der Waals surface area contributed by atoms with Crippen molar-refractivity contribution < 1.29 is 0 Å². The highest BCUT2D eigenvalue weighted by molar-refractivity contribution is 5.24. The van der Waals surface area contributed by atoms with Crippen LogP contribution in [0.15, 0.2) is 24.3 Å². The van der Waals surface area contributed by atoms with Crippen LogP contribution in [0.2, 0.25) is 0 Å². The molecule has 0 fully saturated rings. The highest BCUT2D eigenvalue weighted by Gasteiger charge is 2.06. The molecule has 0 saturated heterocycles. The number of nitrogens with two attached hydrogens (primary N) is 1. The van der Waals surface area contributed by atoms with Gasteiger partial charge in [-0.3, -0.25) is 0 Å². The Bertz CT molecular complexity index is 278. The number of rotatable bonds is 4. The van der Waals surface area contributed by atoms with Gasteiger partial charge in [0.1, 0.15) is 0 Å². The predicted octanol–water partition coefficient (Wildman–Crippen LogP) is 3.43. The van der Waals surface area contributed by atoms with Crippen molar-refractivity contribution in [2.75, 3.05) is 0 Å². The maximum atomic E-state index is 6.11. The summed E-state index contributed by atoms with van der Waals surface area (Å²) in [6.07, 6.45) is 2.29. The summed E-state index contributed by atoms with van der Waals surface area (Å²) in [5.41, 5.74) is 8.68. The number of hydrogen-bond acceptors (Lipinski definition) is 1. The van der Waals surface area contributed by atoms with Gasteiger partial charge in [0, 0.05) is 6.04 Å². The van der Waals surface area contributed by atoms with E-state index in [2.05, 4.69) is 45.0 Å². The molecule has 0 aliphatic carbocycles. The average molecular weight is 191 g/mol. The van der Waals surface area contributed by atoms with E-state index >= 15 is 0 Å². The minimum absolute atomic E-state index is 0.206. The summed E-state index contributed by atoms with van der Waals surface area (Å²) in [4.78, 5) is 0. The van der Waals surface area contributed by atoms with Crippen molar-refractivity contribution in [3.63, 3.8) is 0 Å². The van der Waals surface area contributed by atoms with Crippen LogP contribution < -0.4 is 5.73 Å². The third-order valence-corrected chi connectivity index (χ3v) is 2.53. The minimum Gasteiger partial charge on any atom is -0.324 e. The first-order chi connectivity index (χ1) is 6.59. The molecule has 1 nitrogen and oxygen atoms in total. The molecule has 0 unspecified atom stereocenters. The molecule has 1 aromatic carbocycles. The van der Waals surface area contributed by atoms with Gasteiger partial charge >= 0.3 is 0 Å². The van der Waals surface area contributed by atoms with Crippen molar-refractivity contribution in [3.8, 4) is 0 Å². The fraction of sp³-hybridized carbons (Fsp3) is 0.538. The van der Waals surface area contributed by atoms with Crippen LogP contribution in [0.4, 0.5) is 0 Å². The Kier molecular flexibility index (Phi) is 4.15. The lowest BCUT2D eigenvalue weighted by molar-refractivity contribution is 0.507. The summed E-state index contributed by atoms with van der Waals surface area (Å²) < 4.78 is 0. The van der Waals surface area contributed by atoms with E-state index in [1.54, 1.807) is 0 Å². The van der Waals surface area contributed by atoms with E-state index in [0.29, 0.717) is 0 Å². The first kappa shape index (κ1) is 11.3. The molecule has 0 aliphatic heterocycles. The maximum absolute atomic E-state index is 6.11. The molecule has 2 N–H and O–H groups in total. The molecule has 1 atom stereocenters. The van der Waals surface area contributed by atoms with Crippen molar-refractivity contribution in [1.29, 1.82) is 0 Å². The van der Waals surface area contributed by atoms with Gasteiger partial charge in [-0.1, -0.05) is 43.7 Å². The Labute approximate surface area is 87.3 Å². The van der Waals surface area contributed by atoms with E-state index < -0.39 is 0 Å². The molecule has 1 heteroatoms. The van der Waals surface area contributed by atoms with Crippen molar-refractivity contribution in [2.45, 2.75) is 39.7 Å². The van der Waals surface area contributed by atoms with Gasteiger partial charge in [0.05, 0.1) is 0 Å². The summed E-state index contributed by atoms with van der Waals surface area (Å²) in [6, 6.07) is 8.71. The first-order valence-electron chi connectivity index (χ1n) is 5.41. The highest BCUT2D eigenvalue weighted by atomic mass is 14.6. The monoisotopic (exact) mass is 191 g/mol. The molecule has 1 rings (SSSR count). The van der Waals surface area contributed by atoms with Gasteiger partial charge in [-0.05, 0) is 31.2 Å². The standard InChI is InChI=1S/C13H21N/c1-10(2)7-8-13(14)12-6-4-5-11(3)9-12/h4-6,9-10,13H,7-8,14H2,1-3H3/t13-/m1/s1. The molecule has 0 bridgehead atoms. The Morgan fingerprint density at radius 1 is 1.21 bits per heavy atom. The third kappa shape index (κ3) is 3.51. The lowest BCUT2D eigenvalue weighted by atomic mass is 9.97. The van der Waals surface area contributed by atoms with Gasteiger partial charge in [0.2, 0.25) is 0 Å². The van der Waals surface area contributed by atoms with E-state index in [1.807, 2.05) is 0 Å². The Hall–Kier alpha value is -0.820. The number of hydrogen-bond donors (Lipinski definition) is 1. The van der Waals surface area contributed by atoms with Gasteiger partial charge in [-0.2, -0.15) is 0 Å². The van der Waals surface area contributed by atoms with E-state index in [1.165, 1.54) is 17.5 Å². The third-order valence-electron chi connectivity index (χ3n) is 2.53. The topological polar surface area (TPSA) is 26.0 Å². The zero-order chi connectivity index (χ0) is 10.6. The quantitative estimate of drug-likeness (QED) is 0.775. The zero-order valence-corrected chi connectivity index (χ0v) is 9.46. The van der Waals surface area contributed by atoms with Crippen molar-refractivity contribution in [2.24, 2.45) is 11.7 Å². The van der Waals surface area contributed by atoms with Crippen molar-refractivity contribution in [3.05, 3.63) is 35.4 Å². The fourth-order valence-electron chi connectivity index (χ4n) is 1.58. The van der Waals surface area contributed by atoms with Crippen LogP contribution >= 0.6 is 0 Å². The molecule has 0 radical (unpaired) electrons. The molecule has 14 heavy (non-hydrogen) atoms. The summed E-state index contributed by atoms with van der Waals surface area (Å²) in [5, 5.41) is 0. The lowest BCUT2D eigenvalue weighted by Crippen LogP contribution is -2.11. The normalized spacial score (nSPS) is 13.2. The predicted molar refractivity (Wildman–Crippen MR) is 62.2 cm³/mol. The van der Waals surface area contributed by atoms with E-state index in [0.717, 1.165) is 12.3 Å². The van der Waals surface area contributed by atoms with E-state index in [9.17, 15) is 0 Å². The van der Waals surface area contributed by atoms with Crippen LogP contribution in [0, 0.1) is 12.8 Å². The Morgan fingerprint density at radius 3 is 2.50 bits per heavy atom. The van der Waals surface area contributed by atoms with Crippen LogP contribution in [-0.4, -0.2) is 0 Å². The zero-order valence-electron chi connectivity index (χ0n) is 9.46. The molecule has 0 amide bonds. The van der Waals surface area contributed by atoms with Crippen LogP contribution in [0.5, 0.6) is 0 Å². The lowest BCUT2D eigenvalue weighted by Gasteiger charge is -2.13. The molecular weight excluding hydrogens is 170 g/mol. The average Bonchev–Trinajstić information content (AvgIpc) is 2.14. The van der Waals surface area contributed by atoms with Gasteiger partial charge in [0.15, 0.2) is 0 Å². The summed E-state index contributed by atoms with van der Waals surface area (Å²) in [6.45, 7) is 6.59. The number of aryl methyl sites for hydroxylation is 1. The van der Waals surface area contributed by atoms with Crippen molar-refractivity contribution >= 4 is 0 Å². The summed E-state index contributed by atoms with van der Waals surface area (Å²) in [7, 11) is 0. The summed E-state index contributed by atoms with van der Waals surface area (Å²) >= 11 is 0. The Morgan fingerprint density at radius 2 is 1.93 bits per heavy atom. The fourth-order valence-corrected chi connectivity index (χ4v) is 1.58. The molecule has 0 aliphatic rings. The van der Waals surface area contributed by atoms with E-state index in [4.69, 9.17) is 5.73 Å². The molecule has 78 valence electrons. The maximum Gasteiger partial charge on any atom is 0.0295 e. The second-order valence-corrected chi connectivity index (χ2v) is 4.49. The van der Waals surface area contributed by atoms with E-state index in [-0.39, 0.29) is 6.04 Å². The number of benzene rings is 1. The molecule has 0 spiro atoms. The van der Waals surface area contributed by atoms with Crippen LogP contribution in [0.3, 0.4) is 0 Å². The molecule has 1 aromatic rings. The van der Waals surface area contributed by atoms with Crippen LogP contribution in [0.25, 0.3) is 0 Å². The van der Waals surface area contributed by atoms with Gasteiger partial charge in [-0.15, -0.1) is 0 Å². The second-order valence-electron chi connectivity index (χ2n) is 4.49.